The van der Waals surface area contributed by atoms with Crippen molar-refractivity contribution in [1.82, 2.24) is 10.3 Å². The average Bonchev–Trinajstić information content (AvgIpc) is 2.29. The zero-order chi connectivity index (χ0) is 12.8. The lowest BCUT2D eigenvalue weighted by atomic mass is 10.2. The van der Waals surface area contributed by atoms with Crippen LogP contribution < -0.4 is 10.6 Å². The van der Waals surface area contributed by atoms with Gasteiger partial charge in [-0.25, -0.2) is 9.78 Å². The number of carbonyl (C=O) groups excluding carboxylic acids is 1. The van der Waals surface area contributed by atoms with E-state index in [4.69, 9.17) is 5.11 Å². The first-order valence-corrected chi connectivity index (χ1v) is 5.28. The molecule has 0 aromatic carbocycles. The van der Waals surface area contributed by atoms with E-state index in [1.54, 1.807) is 6.92 Å². The van der Waals surface area contributed by atoms with Crippen LogP contribution in [0.15, 0.2) is 18.3 Å². The highest BCUT2D eigenvalue weighted by Gasteiger charge is 2.16. The fourth-order valence-electron chi connectivity index (χ4n) is 1.29. The normalized spacial score (nSPS) is 11.6. The Morgan fingerprint density at radius 1 is 1.53 bits per heavy atom. The van der Waals surface area contributed by atoms with Gasteiger partial charge in [0.2, 0.25) is 5.91 Å². The predicted molar refractivity (Wildman–Crippen MR) is 63.0 cm³/mol. The van der Waals surface area contributed by atoms with E-state index in [9.17, 15) is 9.59 Å². The van der Waals surface area contributed by atoms with E-state index in [0.29, 0.717) is 6.54 Å². The van der Waals surface area contributed by atoms with Gasteiger partial charge in [0.25, 0.3) is 0 Å². The lowest BCUT2D eigenvalue weighted by Gasteiger charge is -2.14. The summed E-state index contributed by atoms with van der Waals surface area (Å²) < 4.78 is 0. The molecule has 1 heterocycles. The Kier molecular flexibility index (Phi) is 4.45. The van der Waals surface area contributed by atoms with Gasteiger partial charge in [-0.05, 0) is 26.0 Å². The van der Waals surface area contributed by atoms with Crippen molar-refractivity contribution in [2.75, 3.05) is 11.9 Å². The number of hydrogen-bond acceptors (Lipinski definition) is 4. The van der Waals surface area contributed by atoms with Crippen molar-refractivity contribution in [2.24, 2.45) is 0 Å². The molecule has 1 unspecified atom stereocenters. The summed E-state index contributed by atoms with van der Waals surface area (Å²) >= 11 is 0. The highest BCUT2D eigenvalue weighted by molar-refractivity contribution is 5.94. The van der Waals surface area contributed by atoms with Gasteiger partial charge in [-0.3, -0.25) is 4.79 Å². The van der Waals surface area contributed by atoms with Crippen LogP contribution in [-0.2, 0) is 4.79 Å². The third-order valence-electron chi connectivity index (χ3n) is 2.14. The first-order chi connectivity index (χ1) is 8.06. The summed E-state index contributed by atoms with van der Waals surface area (Å²) in [5, 5.41) is 14.3. The molecule has 0 saturated heterocycles. The van der Waals surface area contributed by atoms with Gasteiger partial charge in [-0.2, -0.15) is 0 Å². The van der Waals surface area contributed by atoms with Crippen molar-refractivity contribution in [3.8, 4) is 0 Å². The van der Waals surface area contributed by atoms with Crippen LogP contribution in [-0.4, -0.2) is 34.6 Å². The van der Waals surface area contributed by atoms with Crippen molar-refractivity contribution >= 4 is 17.7 Å². The number of aromatic carboxylic acids is 1. The summed E-state index contributed by atoms with van der Waals surface area (Å²) in [4.78, 5) is 26.3. The Bertz CT molecular complexity index is 420. The average molecular weight is 237 g/mol. The van der Waals surface area contributed by atoms with Gasteiger partial charge < -0.3 is 15.7 Å². The van der Waals surface area contributed by atoms with E-state index in [1.165, 1.54) is 18.3 Å². The second-order valence-corrected chi connectivity index (χ2v) is 3.47. The largest absolute Gasteiger partial charge is 0.478 e. The molecule has 17 heavy (non-hydrogen) atoms. The zero-order valence-corrected chi connectivity index (χ0v) is 9.73. The number of hydrogen-bond donors (Lipinski definition) is 3. The molecule has 92 valence electrons. The Labute approximate surface area is 99.1 Å². The molecule has 1 rings (SSSR count). The summed E-state index contributed by atoms with van der Waals surface area (Å²) in [6, 6.07) is 2.43. The van der Waals surface area contributed by atoms with Crippen LogP contribution in [0.25, 0.3) is 0 Å². The SMILES string of the molecule is CCNC(=O)C(C)Nc1ncccc1C(=O)O. The Morgan fingerprint density at radius 3 is 2.82 bits per heavy atom. The summed E-state index contributed by atoms with van der Waals surface area (Å²) in [7, 11) is 0. The fourth-order valence-corrected chi connectivity index (χ4v) is 1.29. The molecule has 0 aliphatic rings. The minimum Gasteiger partial charge on any atom is -0.478 e. The molecule has 1 aromatic heterocycles. The van der Waals surface area contributed by atoms with Crippen molar-refractivity contribution < 1.29 is 14.7 Å². The minimum atomic E-state index is -1.08. The third-order valence-corrected chi connectivity index (χ3v) is 2.14. The molecule has 0 spiro atoms. The second-order valence-electron chi connectivity index (χ2n) is 3.47. The van der Waals surface area contributed by atoms with E-state index >= 15 is 0 Å². The number of anilines is 1. The molecular formula is C11H15N3O3. The van der Waals surface area contributed by atoms with E-state index in [0.717, 1.165) is 0 Å². The molecule has 1 amide bonds. The topological polar surface area (TPSA) is 91.3 Å². The monoisotopic (exact) mass is 237 g/mol. The van der Waals surface area contributed by atoms with Crippen LogP contribution in [0.5, 0.6) is 0 Å². The van der Waals surface area contributed by atoms with Crippen LogP contribution in [0.1, 0.15) is 24.2 Å². The van der Waals surface area contributed by atoms with E-state index < -0.39 is 12.0 Å². The van der Waals surface area contributed by atoms with Gasteiger partial charge in [0.05, 0.1) is 0 Å². The highest BCUT2D eigenvalue weighted by atomic mass is 16.4. The maximum absolute atomic E-state index is 11.5. The maximum Gasteiger partial charge on any atom is 0.339 e. The number of carboxylic acids is 1. The van der Waals surface area contributed by atoms with Crippen LogP contribution in [0.2, 0.25) is 0 Å². The van der Waals surface area contributed by atoms with Crippen LogP contribution >= 0.6 is 0 Å². The highest BCUT2D eigenvalue weighted by Crippen LogP contribution is 2.12. The summed E-state index contributed by atoms with van der Waals surface area (Å²) in [6.07, 6.45) is 1.47. The predicted octanol–water partition coefficient (Wildman–Crippen LogP) is 0.716. The van der Waals surface area contributed by atoms with Crippen molar-refractivity contribution in [3.63, 3.8) is 0 Å². The molecule has 1 aromatic rings. The van der Waals surface area contributed by atoms with Gasteiger partial charge in [-0.15, -0.1) is 0 Å². The first kappa shape index (κ1) is 13.0. The molecule has 0 radical (unpaired) electrons. The molecule has 0 aliphatic carbocycles. The van der Waals surface area contributed by atoms with Crippen LogP contribution in [0.4, 0.5) is 5.82 Å². The lowest BCUT2D eigenvalue weighted by Crippen LogP contribution is -2.37. The van der Waals surface area contributed by atoms with Crippen LogP contribution in [0.3, 0.4) is 0 Å². The zero-order valence-electron chi connectivity index (χ0n) is 9.73. The van der Waals surface area contributed by atoms with E-state index in [2.05, 4.69) is 15.6 Å². The Balaban J connectivity index is 2.81. The van der Waals surface area contributed by atoms with Gasteiger partial charge in [-0.1, -0.05) is 0 Å². The van der Waals surface area contributed by atoms with Gasteiger partial charge in [0.15, 0.2) is 0 Å². The van der Waals surface area contributed by atoms with Crippen molar-refractivity contribution in [3.05, 3.63) is 23.9 Å². The van der Waals surface area contributed by atoms with E-state index in [-0.39, 0.29) is 17.3 Å². The van der Waals surface area contributed by atoms with Crippen LogP contribution in [0, 0.1) is 0 Å². The number of aromatic nitrogens is 1. The number of likely N-dealkylation sites (N-methyl/N-ethyl adjacent to an activating group) is 1. The number of carbonyl (C=O) groups is 2. The number of rotatable bonds is 5. The lowest BCUT2D eigenvalue weighted by molar-refractivity contribution is -0.121. The standard InChI is InChI=1S/C11H15N3O3/c1-3-12-10(15)7(2)14-9-8(11(16)17)5-4-6-13-9/h4-7H,3H2,1-2H3,(H,12,15)(H,13,14)(H,16,17). The number of nitrogens with zero attached hydrogens (tertiary/aromatic N) is 1. The third kappa shape index (κ3) is 3.44. The number of carboxylic acid groups (broad SMARTS) is 1. The second kappa shape index (κ2) is 5.83. The first-order valence-electron chi connectivity index (χ1n) is 5.28. The molecule has 1 atom stereocenters. The van der Waals surface area contributed by atoms with Crippen molar-refractivity contribution in [1.29, 1.82) is 0 Å². The molecule has 0 aliphatic heterocycles. The molecule has 0 fully saturated rings. The summed E-state index contributed by atoms with van der Waals surface area (Å²) in [5.74, 6) is -1.09. The molecule has 6 nitrogen and oxygen atoms in total. The van der Waals surface area contributed by atoms with E-state index in [1.807, 2.05) is 6.92 Å². The molecular weight excluding hydrogens is 222 g/mol. The Morgan fingerprint density at radius 2 is 2.24 bits per heavy atom. The Hall–Kier alpha value is -2.11. The molecule has 6 heteroatoms. The maximum atomic E-state index is 11.5. The molecule has 0 bridgehead atoms. The van der Waals surface area contributed by atoms with Gasteiger partial charge in [0, 0.05) is 12.7 Å². The summed E-state index contributed by atoms with van der Waals surface area (Å²) in [5.41, 5.74) is 0.0450. The molecule has 0 saturated carbocycles. The van der Waals surface area contributed by atoms with Gasteiger partial charge >= 0.3 is 5.97 Å². The molecule has 3 N–H and O–H groups in total. The number of amides is 1. The fraction of sp³-hybridized carbons (Fsp3) is 0.364. The minimum absolute atomic E-state index is 0.0450. The van der Waals surface area contributed by atoms with Gasteiger partial charge in [0.1, 0.15) is 17.4 Å². The number of nitrogens with one attached hydrogen (secondary N) is 2. The smallest absolute Gasteiger partial charge is 0.339 e. The summed E-state index contributed by atoms with van der Waals surface area (Å²) in [6.45, 7) is 3.98. The van der Waals surface area contributed by atoms with Crippen molar-refractivity contribution in [2.45, 2.75) is 19.9 Å². The number of pyridine rings is 1. The quantitative estimate of drug-likeness (QED) is 0.701.